The van der Waals surface area contributed by atoms with Crippen molar-refractivity contribution < 1.29 is 10.2 Å². The van der Waals surface area contributed by atoms with Gasteiger partial charge < -0.3 is 14.8 Å². The summed E-state index contributed by atoms with van der Waals surface area (Å²) in [7, 11) is 0. The Balaban J connectivity index is 2.13. The van der Waals surface area contributed by atoms with E-state index < -0.39 is 12.2 Å². The number of aliphatic hydroxyl groups excluding tert-OH is 2. The van der Waals surface area contributed by atoms with Crippen LogP contribution in [0.2, 0.25) is 10.0 Å². The fraction of sp³-hybridized carbons (Fsp3) is 0.417. The van der Waals surface area contributed by atoms with Gasteiger partial charge >= 0.3 is 0 Å². The highest BCUT2D eigenvalue weighted by molar-refractivity contribution is 9.10. The van der Waals surface area contributed by atoms with Crippen LogP contribution in [0.1, 0.15) is 18.9 Å². The summed E-state index contributed by atoms with van der Waals surface area (Å²) in [6.07, 6.45) is -0.411. The molecule has 1 aliphatic carbocycles. The lowest BCUT2D eigenvalue weighted by Crippen LogP contribution is -2.17. The molecule has 7 heteroatoms. The summed E-state index contributed by atoms with van der Waals surface area (Å²) in [4.78, 5) is 4.38. The van der Waals surface area contributed by atoms with Crippen molar-refractivity contribution >= 4 is 50.2 Å². The van der Waals surface area contributed by atoms with E-state index in [2.05, 4.69) is 20.9 Å². The smallest absolute Gasteiger partial charge is 0.178 e. The maximum atomic E-state index is 9.68. The first kappa shape index (κ1) is 13.6. The van der Waals surface area contributed by atoms with Gasteiger partial charge in [-0.2, -0.15) is 0 Å². The van der Waals surface area contributed by atoms with Gasteiger partial charge in [0, 0.05) is 6.04 Å². The van der Waals surface area contributed by atoms with E-state index in [0.717, 1.165) is 11.0 Å². The van der Waals surface area contributed by atoms with Crippen molar-refractivity contribution in [3.8, 4) is 0 Å². The highest BCUT2D eigenvalue weighted by atomic mass is 79.9. The van der Waals surface area contributed by atoms with Crippen molar-refractivity contribution in [3.63, 3.8) is 0 Å². The molecular formula is C12H11BrCl2N2O2. The maximum Gasteiger partial charge on any atom is 0.178 e. The molecule has 3 rings (SSSR count). The van der Waals surface area contributed by atoms with Crippen LogP contribution >= 0.6 is 39.1 Å². The molecule has 3 atom stereocenters. The van der Waals surface area contributed by atoms with Crippen molar-refractivity contribution in [1.29, 1.82) is 0 Å². The Labute approximate surface area is 128 Å². The molecule has 0 spiro atoms. The van der Waals surface area contributed by atoms with Crippen LogP contribution in [0.15, 0.2) is 16.9 Å². The van der Waals surface area contributed by atoms with E-state index in [9.17, 15) is 10.2 Å². The molecule has 19 heavy (non-hydrogen) atoms. The molecule has 1 aliphatic rings. The number of hydrogen-bond donors (Lipinski definition) is 2. The molecule has 1 unspecified atom stereocenters. The van der Waals surface area contributed by atoms with Gasteiger partial charge in [-0.3, -0.25) is 0 Å². The summed E-state index contributed by atoms with van der Waals surface area (Å²) in [6, 6.07) is 3.46. The molecule has 1 heterocycles. The van der Waals surface area contributed by atoms with E-state index in [0.29, 0.717) is 27.6 Å². The minimum absolute atomic E-state index is 0.0124. The van der Waals surface area contributed by atoms with Crippen LogP contribution < -0.4 is 0 Å². The summed E-state index contributed by atoms with van der Waals surface area (Å²) < 4.78 is 2.59. The molecule has 1 aromatic carbocycles. The van der Waals surface area contributed by atoms with Gasteiger partial charge in [-0.15, -0.1) is 0 Å². The van der Waals surface area contributed by atoms with Gasteiger partial charge in [0.15, 0.2) is 4.73 Å². The van der Waals surface area contributed by atoms with Gasteiger partial charge in [0.25, 0.3) is 0 Å². The zero-order valence-electron chi connectivity index (χ0n) is 9.72. The normalized spacial score (nSPS) is 27.3. The molecule has 1 aromatic heterocycles. The third kappa shape index (κ3) is 2.28. The molecule has 1 saturated carbocycles. The number of aliphatic hydroxyl groups is 2. The van der Waals surface area contributed by atoms with Crippen molar-refractivity contribution in [2.45, 2.75) is 31.1 Å². The Bertz CT molecular complexity index is 636. The monoisotopic (exact) mass is 364 g/mol. The third-order valence-corrected chi connectivity index (χ3v) is 4.81. The lowest BCUT2D eigenvalue weighted by Gasteiger charge is -2.14. The summed E-state index contributed by atoms with van der Waals surface area (Å²) in [5.41, 5.74) is 1.57. The van der Waals surface area contributed by atoms with E-state index in [1.165, 1.54) is 0 Å². The number of fused-ring (bicyclic) bond motifs is 1. The van der Waals surface area contributed by atoms with E-state index in [4.69, 9.17) is 23.2 Å². The largest absolute Gasteiger partial charge is 0.390 e. The number of rotatable bonds is 1. The number of hydrogen-bond acceptors (Lipinski definition) is 3. The average Bonchev–Trinajstić information content (AvgIpc) is 2.80. The van der Waals surface area contributed by atoms with E-state index >= 15 is 0 Å². The van der Waals surface area contributed by atoms with Gasteiger partial charge in [0.05, 0.1) is 33.3 Å². The minimum Gasteiger partial charge on any atom is -0.390 e. The van der Waals surface area contributed by atoms with Crippen LogP contribution in [0.4, 0.5) is 0 Å². The SMILES string of the molecule is O[C@@H]1CC(n2c(Br)nc3cc(Cl)c(Cl)cc32)C[C@@H]1O. The van der Waals surface area contributed by atoms with Crippen molar-refractivity contribution in [2.24, 2.45) is 0 Å². The Kier molecular flexibility index (Phi) is 3.52. The number of imidazole rings is 1. The zero-order valence-corrected chi connectivity index (χ0v) is 12.8. The molecule has 102 valence electrons. The summed E-state index contributed by atoms with van der Waals surface area (Å²) in [6.45, 7) is 0. The average molecular weight is 366 g/mol. The zero-order chi connectivity index (χ0) is 13.7. The summed E-state index contributed by atoms with van der Waals surface area (Å²) in [5.74, 6) is 0. The van der Waals surface area contributed by atoms with Crippen molar-refractivity contribution in [2.75, 3.05) is 0 Å². The molecular weight excluding hydrogens is 355 g/mol. The minimum atomic E-state index is -0.697. The second-order valence-corrected chi connectivity index (χ2v) is 6.29. The van der Waals surface area contributed by atoms with Crippen molar-refractivity contribution in [3.05, 3.63) is 26.9 Å². The molecule has 2 N–H and O–H groups in total. The standard InChI is InChI=1S/C12H11BrCl2N2O2/c13-12-16-8-3-6(14)7(15)4-9(8)17(12)5-1-10(18)11(19)2-5/h3-5,10-11,18-19H,1-2H2/t5?,10-,11+. The molecule has 0 radical (unpaired) electrons. The van der Waals surface area contributed by atoms with Crippen LogP contribution in [0, 0.1) is 0 Å². The van der Waals surface area contributed by atoms with Crippen LogP contribution in [0.5, 0.6) is 0 Å². The first-order valence-corrected chi connectivity index (χ1v) is 7.41. The van der Waals surface area contributed by atoms with E-state index in [1.54, 1.807) is 12.1 Å². The predicted molar refractivity (Wildman–Crippen MR) is 77.7 cm³/mol. The third-order valence-electron chi connectivity index (χ3n) is 3.52. The Morgan fingerprint density at radius 3 is 2.37 bits per heavy atom. The van der Waals surface area contributed by atoms with E-state index in [1.807, 2.05) is 4.57 Å². The topological polar surface area (TPSA) is 58.3 Å². The molecule has 0 aliphatic heterocycles. The van der Waals surface area contributed by atoms with Gasteiger partial charge in [-0.25, -0.2) is 4.98 Å². The van der Waals surface area contributed by atoms with Crippen molar-refractivity contribution in [1.82, 2.24) is 9.55 Å². The van der Waals surface area contributed by atoms with Crippen LogP contribution in [0.25, 0.3) is 11.0 Å². The predicted octanol–water partition coefficient (Wildman–Crippen LogP) is 3.16. The Morgan fingerprint density at radius 1 is 1.16 bits per heavy atom. The first-order chi connectivity index (χ1) is 8.97. The Hall–Kier alpha value is -0.330. The molecule has 4 nitrogen and oxygen atoms in total. The number of aromatic nitrogens is 2. The quantitative estimate of drug-likeness (QED) is 0.816. The van der Waals surface area contributed by atoms with Gasteiger partial charge in [-0.05, 0) is 40.9 Å². The molecule has 2 aromatic rings. The van der Waals surface area contributed by atoms with E-state index in [-0.39, 0.29) is 6.04 Å². The number of nitrogens with zero attached hydrogens (tertiary/aromatic N) is 2. The first-order valence-electron chi connectivity index (χ1n) is 5.86. The van der Waals surface area contributed by atoms with Gasteiger partial charge in [0.1, 0.15) is 0 Å². The molecule has 0 saturated heterocycles. The second-order valence-electron chi connectivity index (χ2n) is 4.77. The molecule has 0 amide bonds. The van der Waals surface area contributed by atoms with Crippen LogP contribution in [0.3, 0.4) is 0 Å². The highest BCUT2D eigenvalue weighted by Crippen LogP contribution is 2.37. The van der Waals surface area contributed by atoms with Crippen LogP contribution in [-0.2, 0) is 0 Å². The fourth-order valence-corrected chi connectivity index (χ4v) is 3.57. The summed E-state index contributed by atoms with van der Waals surface area (Å²) in [5, 5.41) is 20.3. The second kappa shape index (κ2) is 4.90. The molecule has 1 fully saturated rings. The van der Waals surface area contributed by atoms with Gasteiger partial charge in [0.2, 0.25) is 0 Å². The lowest BCUT2D eigenvalue weighted by atomic mass is 10.2. The van der Waals surface area contributed by atoms with Gasteiger partial charge in [-0.1, -0.05) is 23.2 Å². The van der Waals surface area contributed by atoms with Crippen LogP contribution in [-0.4, -0.2) is 32.0 Å². The Morgan fingerprint density at radius 2 is 1.74 bits per heavy atom. The maximum absolute atomic E-state index is 9.68. The molecule has 0 bridgehead atoms. The number of halogens is 3. The lowest BCUT2D eigenvalue weighted by molar-refractivity contribution is 0.0438. The highest BCUT2D eigenvalue weighted by Gasteiger charge is 2.34. The summed E-state index contributed by atoms with van der Waals surface area (Å²) >= 11 is 15.4. The number of benzene rings is 1. The fourth-order valence-electron chi connectivity index (χ4n) is 2.59.